The summed E-state index contributed by atoms with van der Waals surface area (Å²) in [4.78, 5) is 21.7. The Morgan fingerprint density at radius 3 is 2.67 bits per heavy atom. The standard InChI is InChI=1S/C19H26N6O5/c1-28-14-4-5-15(16(12-14)29-2)23-19-17(25(26)27)18(21-13-22-19)20-6-3-7-24-8-10-30-11-9-24/h4-5,12-13H,3,6-11H2,1-2H3,(H2,20,21,22,23). The number of morpholine rings is 1. The van der Waals surface area contributed by atoms with E-state index in [-0.39, 0.29) is 17.3 Å². The minimum atomic E-state index is -0.497. The lowest BCUT2D eigenvalue weighted by atomic mass is 10.2. The summed E-state index contributed by atoms with van der Waals surface area (Å²) < 4.78 is 15.9. The van der Waals surface area contributed by atoms with Crippen LogP contribution in [0.15, 0.2) is 24.5 Å². The Kier molecular flexibility index (Phi) is 7.57. The summed E-state index contributed by atoms with van der Waals surface area (Å²) in [5.74, 6) is 1.33. The highest BCUT2D eigenvalue weighted by molar-refractivity contribution is 5.76. The van der Waals surface area contributed by atoms with E-state index in [9.17, 15) is 10.1 Å². The molecule has 1 fully saturated rings. The number of ether oxygens (including phenoxy) is 3. The first kappa shape index (κ1) is 21.5. The van der Waals surface area contributed by atoms with Crippen LogP contribution in [0.1, 0.15) is 6.42 Å². The van der Waals surface area contributed by atoms with Gasteiger partial charge in [-0.15, -0.1) is 0 Å². The van der Waals surface area contributed by atoms with Crippen LogP contribution in [0.25, 0.3) is 0 Å². The Bertz CT molecular complexity index is 859. The summed E-state index contributed by atoms with van der Waals surface area (Å²) in [5.41, 5.74) is 0.306. The maximum Gasteiger partial charge on any atom is 0.353 e. The maximum atomic E-state index is 11.7. The maximum absolute atomic E-state index is 11.7. The molecule has 0 spiro atoms. The number of benzene rings is 1. The monoisotopic (exact) mass is 418 g/mol. The third-order valence-corrected chi connectivity index (χ3v) is 4.71. The molecule has 1 aromatic heterocycles. The van der Waals surface area contributed by atoms with Gasteiger partial charge in [0.1, 0.15) is 17.8 Å². The lowest BCUT2D eigenvalue weighted by Gasteiger charge is -2.26. The zero-order valence-corrected chi connectivity index (χ0v) is 17.1. The van der Waals surface area contributed by atoms with Gasteiger partial charge in [0.2, 0.25) is 11.6 Å². The average molecular weight is 418 g/mol. The van der Waals surface area contributed by atoms with Crippen molar-refractivity contribution < 1.29 is 19.1 Å². The molecule has 30 heavy (non-hydrogen) atoms. The van der Waals surface area contributed by atoms with Crippen molar-refractivity contribution in [2.24, 2.45) is 0 Å². The fourth-order valence-electron chi connectivity index (χ4n) is 3.14. The largest absolute Gasteiger partial charge is 0.497 e. The molecule has 0 atom stereocenters. The Morgan fingerprint density at radius 2 is 1.97 bits per heavy atom. The highest BCUT2D eigenvalue weighted by Gasteiger charge is 2.24. The zero-order valence-electron chi connectivity index (χ0n) is 17.1. The molecule has 2 N–H and O–H groups in total. The van der Waals surface area contributed by atoms with E-state index < -0.39 is 4.92 Å². The predicted octanol–water partition coefficient (Wildman–Crippen LogP) is 2.28. The fourth-order valence-corrected chi connectivity index (χ4v) is 3.14. The number of hydrogen-bond donors (Lipinski definition) is 2. The second-order valence-corrected chi connectivity index (χ2v) is 6.60. The number of nitrogens with one attached hydrogen (secondary N) is 2. The molecule has 11 nitrogen and oxygen atoms in total. The van der Waals surface area contributed by atoms with Crippen molar-refractivity contribution in [1.82, 2.24) is 14.9 Å². The zero-order chi connectivity index (χ0) is 21.3. The van der Waals surface area contributed by atoms with Crippen LogP contribution < -0.4 is 20.1 Å². The molecule has 0 amide bonds. The van der Waals surface area contributed by atoms with Crippen molar-refractivity contribution in [3.05, 3.63) is 34.6 Å². The van der Waals surface area contributed by atoms with Crippen LogP contribution in [0.3, 0.4) is 0 Å². The molecule has 162 valence electrons. The average Bonchev–Trinajstić information content (AvgIpc) is 2.77. The minimum absolute atomic E-state index is 0.0779. The van der Waals surface area contributed by atoms with E-state index in [1.165, 1.54) is 13.4 Å². The van der Waals surface area contributed by atoms with Gasteiger partial charge < -0.3 is 24.8 Å². The van der Waals surface area contributed by atoms with Gasteiger partial charge in [-0.2, -0.15) is 0 Å². The molecule has 1 aromatic carbocycles. The third kappa shape index (κ3) is 5.45. The lowest BCUT2D eigenvalue weighted by molar-refractivity contribution is -0.383. The predicted molar refractivity (Wildman–Crippen MR) is 112 cm³/mol. The molecular weight excluding hydrogens is 392 g/mol. The Labute approximate surface area is 174 Å². The smallest absolute Gasteiger partial charge is 0.353 e. The van der Waals surface area contributed by atoms with Crippen molar-refractivity contribution in [3.8, 4) is 11.5 Å². The first-order valence-electron chi connectivity index (χ1n) is 9.64. The molecule has 0 saturated carbocycles. The Balaban J connectivity index is 1.70. The molecule has 11 heteroatoms. The quantitative estimate of drug-likeness (QED) is 0.337. The van der Waals surface area contributed by atoms with E-state index in [0.717, 1.165) is 39.3 Å². The molecule has 2 aromatic rings. The van der Waals surface area contributed by atoms with Gasteiger partial charge in [-0.25, -0.2) is 9.97 Å². The van der Waals surface area contributed by atoms with E-state index in [0.29, 0.717) is 23.7 Å². The third-order valence-electron chi connectivity index (χ3n) is 4.71. The molecule has 0 radical (unpaired) electrons. The van der Waals surface area contributed by atoms with Gasteiger partial charge in [0.15, 0.2) is 0 Å². The topological polar surface area (TPSA) is 124 Å². The molecule has 1 aliphatic rings. The Hall–Kier alpha value is -3.18. The van der Waals surface area contributed by atoms with Gasteiger partial charge in [-0.3, -0.25) is 15.0 Å². The van der Waals surface area contributed by atoms with Crippen LogP contribution in [-0.4, -0.2) is 73.4 Å². The van der Waals surface area contributed by atoms with Crippen molar-refractivity contribution >= 4 is 23.0 Å². The normalized spacial score (nSPS) is 14.2. The van der Waals surface area contributed by atoms with Gasteiger partial charge in [0.05, 0.1) is 38.0 Å². The number of nitrogens with zero attached hydrogens (tertiary/aromatic N) is 4. The minimum Gasteiger partial charge on any atom is -0.497 e. The molecule has 3 rings (SSSR count). The second-order valence-electron chi connectivity index (χ2n) is 6.60. The fraction of sp³-hybridized carbons (Fsp3) is 0.474. The molecule has 2 heterocycles. The molecule has 0 aliphatic carbocycles. The number of anilines is 3. The SMILES string of the molecule is COc1ccc(Nc2ncnc(NCCCN3CCOCC3)c2[N+](=O)[O-])c(OC)c1. The molecule has 1 saturated heterocycles. The van der Waals surface area contributed by atoms with Crippen LogP contribution in [0.2, 0.25) is 0 Å². The van der Waals surface area contributed by atoms with Crippen LogP contribution >= 0.6 is 0 Å². The molecular formula is C19H26N6O5. The summed E-state index contributed by atoms with van der Waals surface area (Å²) in [6, 6.07) is 5.11. The van der Waals surface area contributed by atoms with Crippen molar-refractivity contribution in [2.75, 3.05) is 64.2 Å². The summed E-state index contributed by atoms with van der Waals surface area (Å²) in [6.45, 7) is 4.75. The van der Waals surface area contributed by atoms with Gasteiger partial charge in [-0.05, 0) is 25.1 Å². The number of methoxy groups -OCH3 is 2. The van der Waals surface area contributed by atoms with Gasteiger partial charge >= 0.3 is 5.69 Å². The van der Waals surface area contributed by atoms with Crippen LogP contribution in [0.5, 0.6) is 11.5 Å². The number of hydrogen-bond acceptors (Lipinski definition) is 10. The second kappa shape index (κ2) is 10.6. The highest BCUT2D eigenvalue weighted by Crippen LogP contribution is 2.35. The summed E-state index contributed by atoms with van der Waals surface area (Å²) in [7, 11) is 3.06. The van der Waals surface area contributed by atoms with Crippen molar-refractivity contribution in [2.45, 2.75) is 6.42 Å². The van der Waals surface area contributed by atoms with Gasteiger partial charge in [0.25, 0.3) is 0 Å². The highest BCUT2D eigenvalue weighted by atomic mass is 16.6. The lowest BCUT2D eigenvalue weighted by Crippen LogP contribution is -2.37. The molecule has 0 unspecified atom stereocenters. The van der Waals surface area contributed by atoms with E-state index in [1.807, 2.05) is 0 Å². The van der Waals surface area contributed by atoms with Crippen LogP contribution in [0.4, 0.5) is 23.0 Å². The van der Waals surface area contributed by atoms with Crippen molar-refractivity contribution in [3.63, 3.8) is 0 Å². The van der Waals surface area contributed by atoms with Gasteiger partial charge in [-0.1, -0.05) is 0 Å². The van der Waals surface area contributed by atoms with E-state index in [2.05, 4.69) is 25.5 Å². The summed E-state index contributed by atoms with van der Waals surface area (Å²) in [6.07, 6.45) is 2.12. The molecule has 1 aliphatic heterocycles. The van der Waals surface area contributed by atoms with E-state index in [4.69, 9.17) is 14.2 Å². The first-order chi connectivity index (χ1) is 14.6. The van der Waals surface area contributed by atoms with E-state index >= 15 is 0 Å². The van der Waals surface area contributed by atoms with Gasteiger partial charge in [0, 0.05) is 25.7 Å². The van der Waals surface area contributed by atoms with Crippen LogP contribution in [0, 0.1) is 10.1 Å². The Morgan fingerprint density at radius 1 is 1.20 bits per heavy atom. The summed E-state index contributed by atoms with van der Waals surface area (Å²) >= 11 is 0. The number of nitro groups is 1. The van der Waals surface area contributed by atoms with E-state index in [1.54, 1.807) is 25.3 Å². The van der Waals surface area contributed by atoms with Crippen molar-refractivity contribution in [1.29, 1.82) is 0 Å². The first-order valence-corrected chi connectivity index (χ1v) is 9.64. The summed E-state index contributed by atoms with van der Waals surface area (Å²) in [5, 5.41) is 17.8. The molecule has 0 bridgehead atoms. The number of aromatic nitrogens is 2. The van der Waals surface area contributed by atoms with Crippen LogP contribution in [-0.2, 0) is 4.74 Å². The number of rotatable bonds is 10.